The van der Waals surface area contributed by atoms with Crippen LogP contribution in [0.5, 0.6) is 0 Å². The van der Waals surface area contributed by atoms with Crippen LogP contribution in [0.2, 0.25) is 0 Å². The molecule has 132 valence electrons. The van der Waals surface area contributed by atoms with Gasteiger partial charge in [0.05, 0.1) is 5.92 Å². The first kappa shape index (κ1) is 17.6. The summed E-state index contributed by atoms with van der Waals surface area (Å²) in [5.74, 6) is 0.752. The lowest BCUT2D eigenvalue weighted by atomic mass is 9.94. The molecule has 2 atom stereocenters. The van der Waals surface area contributed by atoms with E-state index in [1.165, 1.54) is 32.1 Å². The van der Waals surface area contributed by atoms with Gasteiger partial charge in [0.2, 0.25) is 5.91 Å². The second-order valence-corrected chi connectivity index (χ2v) is 8.61. The van der Waals surface area contributed by atoms with Crippen LogP contribution in [0.1, 0.15) is 44.1 Å². The van der Waals surface area contributed by atoms with E-state index in [0.717, 1.165) is 30.8 Å². The van der Waals surface area contributed by atoms with Crippen LogP contribution >= 0.6 is 0 Å². The second kappa shape index (κ2) is 8.26. The van der Waals surface area contributed by atoms with Crippen LogP contribution in [0.15, 0.2) is 24.3 Å². The van der Waals surface area contributed by atoms with Crippen molar-refractivity contribution in [3.63, 3.8) is 0 Å². The predicted molar refractivity (Wildman–Crippen MR) is 99.4 cm³/mol. The molecule has 0 radical (unpaired) electrons. The summed E-state index contributed by atoms with van der Waals surface area (Å²) in [6.07, 6.45) is 9.29. The Morgan fingerprint density at radius 1 is 1.25 bits per heavy atom. The Morgan fingerprint density at radius 3 is 2.79 bits per heavy atom. The fourth-order valence-corrected chi connectivity index (χ4v) is 4.65. The number of carbonyl (C=O) groups is 1. The molecule has 1 aliphatic heterocycles. The second-order valence-electron chi connectivity index (χ2n) is 7.18. The van der Waals surface area contributed by atoms with E-state index in [2.05, 4.69) is 10.2 Å². The minimum absolute atomic E-state index is 0.0934. The van der Waals surface area contributed by atoms with Crippen molar-refractivity contribution in [3.8, 4) is 0 Å². The number of amides is 1. The van der Waals surface area contributed by atoms with E-state index in [0.29, 0.717) is 11.8 Å². The minimum atomic E-state index is -0.867. The normalized spacial score (nSPS) is 24.0. The van der Waals surface area contributed by atoms with Crippen LogP contribution in [0, 0.1) is 5.92 Å². The fourth-order valence-electron chi connectivity index (χ4n) is 4.00. The number of likely N-dealkylation sites (tertiary alicyclic amines) is 1. The maximum absolute atomic E-state index is 12.6. The maximum Gasteiger partial charge on any atom is 0.228 e. The molecular weight excluding hydrogens is 320 g/mol. The molecule has 1 saturated carbocycles. The molecule has 0 spiro atoms. The molecule has 3 rings (SSSR count). The van der Waals surface area contributed by atoms with Gasteiger partial charge in [-0.1, -0.05) is 31.4 Å². The van der Waals surface area contributed by atoms with Gasteiger partial charge in [-0.2, -0.15) is 0 Å². The standard InChI is InChI=1S/C19H28N2O2S/c1-24(23)14-15-6-5-7-17(12-15)20-19(22)16-10-11-21(13-16)18-8-3-2-4-9-18/h5-7,12,16,18H,2-4,8-11,13-14H2,1H3,(H,20,22). The summed E-state index contributed by atoms with van der Waals surface area (Å²) in [6, 6.07) is 8.42. The third-order valence-electron chi connectivity index (χ3n) is 5.25. The van der Waals surface area contributed by atoms with Crippen molar-refractivity contribution >= 4 is 22.4 Å². The van der Waals surface area contributed by atoms with Crippen LogP contribution in [0.3, 0.4) is 0 Å². The van der Waals surface area contributed by atoms with E-state index in [1.54, 1.807) is 6.26 Å². The topological polar surface area (TPSA) is 49.4 Å². The monoisotopic (exact) mass is 348 g/mol. The number of benzene rings is 1. The van der Waals surface area contributed by atoms with Crippen molar-refractivity contribution < 1.29 is 9.00 Å². The Kier molecular flexibility index (Phi) is 6.06. The first-order chi connectivity index (χ1) is 11.6. The summed E-state index contributed by atoms with van der Waals surface area (Å²) in [5, 5.41) is 3.06. The zero-order valence-electron chi connectivity index (χ0n) is 14.5. The molecule has 1 saturated heterocycles. The molecule has 0 bridgehead atoms. The molecule has 0 aromatic heterocycles. The molecule has 1 aromatic rings. The lowest BCUT2D eigenvalue weighted by Gasteiger charge is -2.30. The molecule has 1 N–H and O–H groups in total. The van der Waals surface area contributed by atoms with Crippen molar-refractivity contribution in [1.82, 2.24) is 4.90 Å². The van der Waals surface area contributed by atoms with E-state index < -0.39 is 10.8 Å². The van der Waals surface area contributed by atoms with Crippen LogP contribution in [-0.2, 0) is 21.3 Å². The summed E-state index contributed by atoms with van der Waals surface area (Å²) in [6.45, 7) is 1.95. The summed E-state index contributed by atoms with van der Waals surface area (Å²) in [5.41, 5.74) is 1.82. The third-order valence-corrected chi connectivity index (χ3v) is 5.99. The van der Waals surface area contributed by atoms with Gasteiger partial charge in [0.15, 0.2) is 0 Å². The summed E-state index contributed by atoms with van der Waals surface area (Å²) < 4.78 is 11.4. The van der Waals surface area contributed by atoms with Gasteiger partial charge < -0.3 is 5.32 Å². The van der Waals surface area contributed by atoms with Crippen molar-refractivity contribution in [2.75, 3.05) is 24.7 Å². The van der Waals surface area contributed by atoms with E-state index in [9.17, 15) is 9.00 Å². The molecule has 4 nitrogen and oxygen atoms in total. The SMILES string of the molecule is CS(=O)Cc1cccc(NC(=O)C2CCN(C3CCCCC3)C2)c1. The summed E-state index contributed by atoms with van der Waals surface area (Å²) in [4.78, 5) is 15.1. The number of rotatable bonds is 5. The highest BCUT2D eigenvalue weighted by atomic mass is 32.2. The Hall–Kier alpha value is -1.20. The summed E-state index contributed by atoms with van der Waals surface area (Å²) >= 11 is 0. The van der Waals surface area contributed by atoms with Gasteiger partial charge in [-0.05, 0) is 43.5 Å². The van der Waals surface area contributed by atoms with Gasteiger partial charge in [0.25, 0.3) is 0 Å². The molecule has 1 aliphatic carbocycles. The Labute approximate surface area is 147 Å². The van der Waals surface area contributed by atoms with Crippen molar-refractivity contribution in [1.29, 1.82) is 0 Å². The smallest absolute Gasteiger partial charge is 0.228 e. The molecule has 2 aliphatic rings. The van der Waals surface area contributed by atoms with Crippen LogP contribution in [0.4, 0.5) is 5.69 Å². The van der Waals surface area contributed by atoms with Crippen molar-refractivity contribution in [2.45, 2.75) is 50.3 Å². The van der Waals surface area contributed by atoms with Gasteiger partial charge in [-0.15, -0.1) is 0 Å². The zero-order chi connectivity index (χ0) is 16.9. The van der Waals surface area contributed by atoms with E-state index >= 15 is 0 Å². The van der Waals surface area contributed by atoms with Gasteiger partial charge in [0, 0.05) is 41.1 Å². The van der Waals surface area contributed by atoms with Crippen LogP contribution < -0.4 is 5.32 Å². The molecule has 2 unspecified atom stereocenters. The third kappa shape index (κ3) is 4.67. The van der Waals surface area contributed by atoms with Gasteiger partial charge in [0.1, 0.15) is 0 Å². The van der Waals surface area contributed by atoms with Crippen LogP contribution in [-0.4, -0.2) is 40.4 Å². The largest absolute Gasteiger partial charge is 0.326 e. The predicted octanol–water partition coefficient (Wildman–Crippen LogP) is 3.16. The quantitative estimate of drug-likeness (QED) is 0.889. The molecule has 5 heteroatoms. The average Bonchev–Trinajstić information content (AvgIpc) is 3.05. The first-order valence-electron chi connectivity index (χ1n) is 9.05. The summed E-state index contributed by atoms with van der Waals surface area (Å²) in [7, 11) is -0.867. The highest BCUT2D eigenvalue weighted by Gasteiger charge is 2.32. The fraction of sp³-hybridized carbons (Fsp3) is 0.632. The Bertz CT molecular complexity index is 599. The number of anilines is 1. The molecule has 2 fully saturated rings. The van der Waals surface area contributed by atoms with Gasteiger partial charge in [-0.25, -0.2) is 0 Å². The number of nitrogens with zero attached hydrogens (tertiary/aromatic N) is 1. The highest BCUT2D eigenvalue weighted by Crippen LogP contribution is 2.28. The highest BCUT2D eigenvalue weighted by molar-refractivity contribution is 7.83. The van der Waals surface area contributed by atoms with Crippen molar-refractivity contribution in [3.05, 3.63) is 29.8 Å². The molecule has 1 aromatic carbocycles. The number of carbonyl (C=O) groups excluding carboxylic acids is 1. The minimum Gasteiger partial charge on any atom is -0.326 e. The number of hydrogen-bond donors (Lipinski definition) is 1. The Balaban J connectivity index is 1.54. The van der Waals surface area contributed by atoms with E-state index in [-0.39, 0.29) is 11.8 Å². The Morgan fingerprint density at radius 2 is 2.04 bits per heavy atom. The average molecular weight is 349 g/mol. The lowest BCUT2D eigenvalue weighted by Crippen LogP contribution is -2.36. The van der Waals surface area contributed by atoms with E-state index in [1.807, 2.05) is 24.3 Å². The zero-order valence-corrected chi connectivity index (χ0v) is 15.3. The van der Waals surface area contributed by atoms with Gasteiger partial charge >= 0.3 is 0 Å². The van der Waals surface area contributed by atoms with Crippen LogP contribution in [0.25, 0.3) is 0 Å². The lowest BCUT2D eigenvalue weighted by molar-refractivity contribution is -0.119. The van der Waals surface area contributed by atoms with Gasteiger partial charge in [-0.3, -0.25) is 13.9 Å². The molecule has 1 heterocycles. The molecule has 1 amide bonds. The molecule has 24 heavy (non-hydrogen) atoms. The number of hydrogen-bond acceptors (Lipinski definition) is 3. The maximum atomic E-state index is 12.6. The van der Waals surface area contributed by atoms with E-state index in [4.69, 9.17) is 0 Å². The first-order valence-corrected chi connectivity index (χ1v) is 10.8. The molecular formula is C19H28N2O2S. The van der Waals surface area contributed by atoms with Crippen molar-refractivity contribution in [2.24, 2.45) is 5.92 Å². The number of nitrogens with one attached hydrogen (secondary N) is 1.